The van der Waals surface area contributed by atoms with Gasteiger partial charge in [-0.05, 0) is 86.9 Å². The van der Waals surface area contributed by atoms with Crippen molar-refractivity contribution in [3.8, 4) is 0 Å². The van der Waals surface area contributed by atoms with Crippen molar-refractivity contribution in [1.29, 1.82) is 0 Å². The molecule has 1 aliphatic rings. The molecular formula is C16H14BrIN2O. The Kier molecular flexibility index (Phi) is 4.61. The van der Waals surface area contributed by atoms with Crippen LogP contribution in [0.3, 0.4) is 0 Å². The van der Waals surface area contributed by atoms with Crippen molar-refractivity contribution >= 4 is 50.1 Å². The number of hydrogen-bond donors (Lipinski definition) is 2. The van der Waals surface area contributed by atoms with Crippen LogP contribution in [0.1, 0.15) is 21.5 Å². The van der Waals surface area contributed by atoms with Crippen molar-refractivity contribution in [2.75, 3.05) is 11.9 Å². The standard InChI is InChI=1S/C16H14BrIN2O/c17-14-5-4-11(18)8-12(14)16(21)20-15-3-1-2-10-6-7-19-9-13(10)15/h1-5,8,19H,6-7,9H2,(H,20,21). The topological polar surface area (TPSA) is 41.1 Å². The maximum absolute atomic E-state index is 12.5. The van der Waals surface area contributed by atoms with Crippen molar-refractivity contribution in [3.63, 3.8) is 0 Å². The van der Waals surface area contributed by atoms with Crippen LogP contribution >= 0.6 is 38.5 Å². The lowest BCUT2D eigenvalue weighted by Gasteiger charge is -2.20. The number of benzene rings is 2. The number of carbonyl (C=O) groups is 1. The van der Waals surface area contributed by atoms with Gasteiger partial charge in [-0.1, -0.05) is 12.1 Å². The molecule has 1 amide bonds. The molecule has 0 aromatic heterocycles. The Hall–Kier alpha value is -0.920. The Balaban J connectivity index is 1.90. The first kappa shape index (κ1) is 15.0. The molecule has 0 fully saturated rings. The second-order valence-corrected chi connectivity index (χ2v) is 7.05. The summed E-state index contributed by atoms with van der Waals surface area (Å²) in [5.41, 5.74) is 4.06. The van der Waals surface area contributed by atoms with E-state index in [2.05, 4.69) is 55.2 Å². The van der Waals surface area contributed by atoms with Crippen molar-refractivity contribution in [1.82, 2.24) is 5.32 Å². The molecule has 3 nitrogen and oxygen atoms in total. The van der Waals surface area contributed by atoms with Crippen LogP contribution in [0.5, 0.6) is 0 Å². The van der Waals surface area contributed by atoms with Gasteiger partial charge in [0, 0.05) is 20.3 Å². The second kappa shape index (κ2) is 6.46. The van der Waals surface area contributed by atoms with Crippen molar-refractivity contribution < 1.29 is 4.79 Å². The van der Waals surface area contributed by atoms with E-state index in [0.29, 0.717) is 5.56 Å². The summed E-state index contributed by atoms with van der Waals surface area (Å²) in [5, 5.41) is 6.40. The third-order valence-corrected chi connectivity index (χ3v) is 4.93. The summed E-state index contributed by atoms with van der Waals surface area (Å²) < 4.78 is 1.85. The molecule has 0 saturated carbocycles. The molecule has 0 aliphatic carbocycles. The van der Waals surface area contributed by atoms with Gasteiger partial charge < -0.3 is 10.6 Å². The van der Waals surface area contributed by atoms with Gasteiger partial charge in [0.2, 0.25) is 0 Å². The zero-order valence-corrected chi connectivity index (χ0v) is 15.0. The van der Waals surface area contributed by atoms with Crippen LogP contribution in [0.2, 0.25) is 0 Å². The fraction of sp³-hybridized carbons (Fsp3) is 0.188. The lowest BCUT2D eigenvalue weighted by molar-refractivity contribution is 0.102. The second-order valence-electron chi connectivity index (χ2n) is 4.95. The van der Waals surface area contributed by atoms with E-state index in [9.17, 15) is 4.79 Å². The summed E-state index contributed by atoms with van der Waals surface area (Å²) in [4.78, 5) is 12.5. The normalized spacial score (nSPS) is 13.6. The van der Waals surface area contributed by atoms with Crippen molar-refractivity contribution in [2.45, 2.75) is 13.0 Å². The fourth-order valence-corrected chi connectivity index (χ4v) is 3.41. The van der Waals surface area contributed by atoms with E-state index in [0.717, 1.165) is 33.2 Å². The summed E-state index contributed by atoms with van der Waals surface area (Å²) in [6.45, 7) is 1.80. The summed E-state index contributed by atoms with van der Waals surface area (Å²) in [6, 6.07) is 11.9. The lowest BCUT2D eigenvalue weighted by Crippen LogP contribution is -2.25. The van der Waals surface area contributed by atoms with Crippen LogP contribution in [0.4, 0.5) is 5.69 Å². The summed E-state index contributed by atoms with van der Waals surface area (Å²) in [5.74, 6) is -0.0839. The summed E-state index contributed by atoms with van der Waals surface area (Å²) in [7, 11) is 0. The summed E-state index contributed by atoms with van der Waals surface area (Å²) >= 11 is 5.65. The fourth-order valence-electron chi connectivity index (χ4n) is 2.49. The molecule has 2 N–H and O–H groups in total. The molecule has 0 unspecified atom stereocenters. The van der Waals surface area contributed by atoms with E-state index in [4.69, 9.17) is 0 Å². The number of hydrogen-bond acceptors (Lipinski definition) is 2. The first-order chi connectivity index (χ1) is 10.1. The first-order valence-corrected chi connectivity index (χ1v) is 8.60. The molecule has 1 heterocycles. The molecule has 0 bridgehead atoms. The quantitative estimate of drug-likeness (QED) is 0.672. The maximum atomic E-state index is 12.5. The first-order valence-electron chi connectivity index (χ1n) is 6.73. The van der Waals surface area contributed by atoms with E-state index in [1.54, 1.807) is 0 Å². The van der Waals surface area contributed by atoms with Crippen molar-refractivity contribution in [3.05, 3.63) is 61.1 Å². The highest BCUT2D eigenvalue weighted by molar-refractivity contribution is 14.1. The molecule has 5 heteroatoms. The largest absolute Gasteiger partial charge is 0.322 e. The van der Waals surface area contributed by atoms with Crippen LogP contribution in [-0.2, 0) is 13.0 Å². The Morgan fingerprint density at radius 1 is 1.29 bits per heavy atom. The average Bonchev–Trinajstić information content (AvgIpc) is 2.50. The van der Waals surface area contributed by atoms with Gasteiger partial charge in [0.05, 0.1) is 5.56 Å². The maximum Gasteiger partial charge on any atom is 0.256 e. The minimum absolute atomic E-state index is 0.0839. The molecule has 1 aliphatic heterocycles. The summed E-state index contributed by atoms with van der Waals surface area (Å²) in [6.07, 6.45) is 1.01. The molecule has 0 spiro atoms. The van der Waals surface area contributed by atoms with Gasteiger partial charge in [-0.2, -0.15) is 0 Å². The molecule has 0 atom stereocenters. The van der Waals surface area contributed by atoms with Crippen molar-refractivity contribution in [2.24, 2.45) is 0 Å². The van der Waals surface area contributed by atoms with Gasteiger partial charge in [0.1, 0.15) is 0 Å². The van der Waals surface area contributed by atoms with Crippen LogP contribution in [0.25, 0.3) is 0 Å². The number of fused-ring (bicyclic) bond motifs is 1. The van der Waals surface area contributed by atoms with Crippen LogP contribution in [0, 0.1) is 3.57 Å². The lowest BCUT2D eigenvalue weighted by atomic mass is 9.99. The molecular weight excluding hydrogens is 443 g/mol. The van der Waals surface area contributed by atoms with Crippen LogP contribution in [-0.4, -0.2) is 12.5 Å². The van der Waals surface area contributed by atoms with Gasteiger partial charge in [0.25, 0.3) is 5.91 Å². The molecule has 0 radical (unpaired) electrons. The van der Waals surface area contributed by atoms with E-state index in [1.807, 2.05) is 30.3 Å². The van der Waals surface area contributed by atoms with Gasteiger partial charge in [-0.3, -0.25) is 4.79 Å². The predicted octanol–water partition coefficient (Wildman–Crippen LogP) is 3.95. The van der Waals surface area contributed by atoms with Gasteiger partial charge >= 0.3 is 0 Å². The zero-order chi connectivity index (χ0) is 14.8. The number of carbonyl (C=O) groups excluding carboxylic acids is 1. The van der Waals surface area contributed by atoms with Crippen LogP contribution < -0.4 is 10.6 Å². The van der Waals surface area contributed by atoms with Gasteiger partial charge in [-0.15, -0.1) is 0 Å². The molecule has 108 valence electrons. The molecule has 2 aromatic rings. The highest BCUT2D eigenvalue weighted by Crippen LogP contribution is 2.25. The smallest absolute Gasteiger partial charge is 0.256 e. The Morgan fingerprint density at radius 3 is 3.00 bits per heavy atom. The minimum Gasteiger partial charge on any atom is -0.322 e. The Bertz CT molecular complexity index is 703. The van der Waals surface area contributed by atoms with E-state index in [1.165, 1.54) is 11.1 Å². The number of rotatable bonds is 2. The monoisotopic (exact) mass is 456 g/mol. The third-order valence-electron chi connectivity index (χ3n) is 3.57. The molecule has 2 aromatic carbocycles. The third kappa shape index (κ3) is 3.30. The predicted molar refractivity (Wildman–Crippen MR) is 96.7 cm³/mol. The highest BCUT2D eigenvalue weighted by atomic mass is 127. The zero-order valence-electron chi connectivity index (χ0n) is 11.2. The van der Waals surface area contributed by atoms with E-state index in [-0.39, 0.29) is 5.91 Å². The highest BCUT2D eigenvalue weighted by Gasteiger charge is 2.16. The van der Waals surface area contributed by atoms with Gasteiger partial charge in [-0.25, -0.2) is 0 Å². The van der Waals surface area contributed by atoms with Crippen LogP contribution in [0.15, 0.2) is 40.9 Å². The Morgan fingerprint density at radius 2 is 2.14 bits per heavy atom. The van der Waals surface area contributed by atoms with E-state index < -0.39 is 0 Å². The molecule has 0 saturated heterocycles. The number of halogens is 2. The SMILES string of the molecule is O=C(Nc1cccc2c1CNCC2)c1cc(I)ccc1Br. The van der Waals surface area contributed by atoms with E-state index >= 15 is 0 Å². The Labute approximate surface area is 145 Å². The molecule has 3 rings (SSSR count). The minimum atomic E-state index is -0.0839. The number of anilines is 1. The molecule has 21 heavy (non-hydrogen) atoms. The van der Waals surface area contributed by atoms with Gasteiger partial charge in [0.15, 0.2) is 0 Å². The average molecular weight is 457 g/mol. The number of nitrogens with one attached hydrogen (secondary N) is 2. The number of amides is 1.